The zero-order chi connectivity index (χ0) is 25.1. The van der Waals surface area contributed by atoms with Gasteiger partial charge in [0, 0.05) is 15.8 Å². The largest absolute Gasteiger partial charge is 0.497 e. The second-order valence-electron chi connectivity index (χ2n) is 8.40. The molecule has 1 N–H and O–H groups in total. The number of anilines is 1. The van der Waals surface area contributed by atoms with Gasteiger partial charge in [-0.15, -0.1) is 11.3 Å². The van der Waals surface area contributed by atoms with Crippen LogP contribution in [0.3, 0.4) is 0 Å². The molecule has 1 amide bonds. The first-order valence-electron chi connectivity index (χ1n) is 11.5. The maximum Gasteiger partial charge on any atom is 0.341 e. The van der Waals surface area contributed by atoms with Crippen LogP contribution < -0.4 is 10.1 Å². The number of aryl methyl sites for hydroxylation is 1. The summed E-state index contributed by atoms with van der Waals surface area (Å²) in [6.45, 7) is 7.56. The second-order valence-corrected chi connectivity index (χ2v) is 9.63. The summed E-state index contributed by atoms with van der Waals surface area (Å²) in [5, 5.41) is 4.23. The lowest BCUT2D eigenvalue weighted by atomic mass is 10.0. The first kappa shape index (κ1) is 24.4. The predicted octanol–water partition coefficient (Wildman–Crippen LogP) is 6.66. The molecule has 4 rings (SSSR count). The number of fused-ring (bicyclic) bond motifs is 1. The Morgan fingerprint density at radius 1 is 1.09 bits per heavy atom. The van der Waals surface area contributed by atoms with Crippen LogP contribution in [-0.4, -0.2) is 30.1 Å². The Labute approximate surface area is 208 Å². The highest BCUT2D eigenvalue weighted by Gasteiger charge is 2.25. The van der Waals surface area contributed by atoms with E-state index in [1.54, 1.807) is 13.2 Å². The minimum absolute atomic E-state index is 0.257. The molecule has 6 nitrogen and oxygen atoms in total. The second kappa shape index (κ2) is 10.3. The van der Waals surface area contributed by atoms with Crippen LogP contribution in [0.1, 0.15) is 51.9 Å². The van der Waals surface area contributed by atoms with E-state index in [1.165, 1.54) is 11.3 Å². The molecule has 0 aliphatic carbocycles. The highest BCUT2D eigenvalue weighted by Crippen LogP contribution is 2.35. The highest BCUT2D eigenvalue weighted by atomic mass is 32.1. The third-order valence-electron chi connectivity index (χ3n) is 5.68. The molecule has 0 spiro atoms. The van der Waals surface area contributed by atoms with Gasteiger partial charge in [-0.2, -0.15) is 0 Å². The predicted molar refractivity (Wildman–Crippen MR) is 141 cm³/mol. The molecule has 7 heteroatoms. The fourth-order valence-corrected chi connectivity index (χ4v) is 5.15. The van der Waals surface area contributed by atoms with E-state index >= 15 is 0 Å². The van der Waals surface area contributed by atoms with Crippen molar-refractivity contribution in [2.24, 2.45) is 0 Å². The van der Waals surface area contributed by atoms with Crippen molar-refractivity contribution in [3.63, 3.8) is 0 Å². The van der Waals surface area contributed by atoms with Gasteiger partial charge in [0.25, 0.3) is 5.91 Å². The number of carbonyl (C=O) groups excluding carboxylic acids is 2. The van der Waals surface area contributed by atoms with Gasteiger partial charge in [-0.1, -0.05) is 25.1 Å². The summed E-state index contributed by atoms with van der Waals surface area (Å²) in [5.41, 5.74) is 4.07. The smallest absolute Gasteiger partial charge is 0.341 e. The van der Waals surface area contributed by atoms with Crippen LogP contribution in [0, 0.1) is 6.92 Å². The van der Waals surface area contributed by atoms with E-state index in [2.05, 4.69) is 5.32 Å². The van der Waals surface area contributed by atoms with Crippen LogP contribution in [0.15, 0.2) is 54.6 Å². The minimum atomic E-state index is -0.421. The third kappa shape index (κ3) is 5.05. The number of pyridine rings is 1. The average Bonchev–Trinajstić information content (AvgIpc) is 3.17. The lowest BCUT2D eigenvalue weighted by Gasteiger charge is -2.13. The Balaban J connectivity index is 1.77. The molecule has 2 aromatic heterocycles. The van der Waals surface area contributed by atoms with E-state index in [0.717, 1.165) is 27.1 Å². The number of nitrogens with zero attached hydrogens (tertiary/aromatic N) is 1. The molecule has 0 saturated carbocycles. The summed E-state index contributed by atoms with van der Waals surface area (Å²) in [6, 6.07) is 16.9. The minimum Gasteiger partial charge on any atom is -0.497 e. The van der Waals surface area contributed by atoms with Crippen LogP contribution in [0.25, 0.3) is 22.2 Å². The number of hydrogen-bond donors (Lipinski definition) is 1. The number of thiophene rings is 1. The molecule has 0 fully saturated rings. The van der Waals surface area contributed by atoms with Crippen molar-refractivity contribution >= 4 is 39.1 Å². The topological polar surface area (TPSA) is 77.5 Å². The number of benzene rings is 2. The normalized spacial score (nSPS) is 11.0. The zero-order valence-electron chi connectivity index (χ0n) is 20.5. The van der Waals surface area contributed by atoms with Crippen LogP contribution in [0.5, 0.6) is 5.75 Å². The average molecular weight is 489 g/mol. The molecule has 0 bridgehead atoms. The van der Waals surface area contributed by atoms with Crippen molar-refractivity contribution in [2.75, 3.05) is 12.4 Å². The van der Waals surface area contributed by atoms with E-state index in [0.29, 0.717) is 33.8 Å². The number of nitrogens with one attached hydrogen (secondary N) is 1. The summed E-state index contributed by atoms with van der Waals surface area (Å²) < 4.78 is 10.7. The van der Waals surface area contributed by atoms with Crippen molar-refractivity contribution in [1.82, 2.24) is 4.98 Å². The van der Waals surface area contributed by atoms with Gasteiger partial charge >= 0.3 is 5.97 Å². The molecule has 4 aromatic rings. The summed E-state index contributed by atoms with van der Waals surface area (Å²) in [7, 11) is 1.62. The Morgan fingerprint density at radius 3 is 2.46 bits per heavy atom. The van der Waals surface area contributed by atoms with Gasteiger partial charge in [0.15, 0.2) is 0 Å². The zero-order valence-corrected chi connectivity index (χ0v) is 21.3. The van der Waals surface area contributed by atoms with E-state index in [9.17, 15) is 9.59 Å². The number of methoxy groups -OCH3 is 1. The van der Waals surface area contributed by atoms with E-state index in [1.807, 2.05) is 76.2 Å². The number of esters is 1. The molecule has 0 radical (unpaired) electrons. The lowest BCUT2D eigenvalue weighted by Crippen LogP contribution is -2.17. The number of carbonyl (C=O) groups is 2. The number of para-hydroxylation sites is 1. The highest BCUT2D eigenvalue weighted by molar-refractivity contribution is 7.16. The maximum absolute atomic E-state index is 13.6. The number of hydrogen-bond acceptors (Lipinski definition) is 6. The van der Waals surface area contributed by atoms with Crippen LogP contribution in [0.4, 0.5) is 5.00 Å². The van der Waals surface area contributed by atoms with Gasteiger partial charge in [0.1, 0.15) is 10.8 Å². The van der Waals surface area contributed by atoms with Gasteiger partial charge in [0.05, 0.1) is 35.6 Å². The molecule has 2 heterocycles. The van der Waals surface area contributed by atoms with Crippen LogP contribution in [-0.2, 0) is 11.2 Å². The summed E-state index contributed by atoms with van der Waals surface area (Å²) in [6.07, 6.45) is 0.410. The molecule has 0 saturated heterocycles. The van der Waals surface area contributed by atoms with Crippen molar-refractivity contribution < 1.29 is 19.1 Å². The Bertz CT molecular complexity index is 1390. The third-order valence-corrected chi connectivity index (χ3v) is 6.75. The van der Waals surface area contributed by atoms with Crippen LogP contribution >= 0.6 is 11.3 Å². The summed E-state index contributed by atoms with van der Waals surface area (Å²) in [5.74, 6) is 0.0176. The molecule has 0 aliphatic rings. The molecule has 35 heavy (non-hydrogen) atoms. The van der Waals surface area contributed by atoms with Crippen molar-refractivity contribution in [1.29, 1.82) is 0 Å². The molecule has 0 aliphatic heterocycles. The van der Waals surface area contributed by atoms with Crippen molar-refractivity contribution in [3.05, 3.63) is 76.2 Å². The van der Waals surface area contributed by atoms with Gasteiger partial charge in [-0.05, 0) is 69.2 Å². The number of amides is 1. The Kier molecular flexibility index (Phi) is 7.17. The van der Waals surface area contributed by atoms with Gasteiger partial charge in [-0.3, -0.25) is 4.79 Å². The van der Waals surface area contributed by atoms with Crippen molar-refractivity contribution in [2.45, 2.75) is 40.2 Å². The molecule has 180 valence electrons. The monoisotopic (exact) mass is 488 g/mol. The first-order valence-corrected chi connectivity index (χ1v) is 12.3. The lowest BCUT2D eigenvalue weighted by molar-refractivity contribution is 0.0378. The molecule has 0 unspecified atom stereocenters. The fraction of sp³-hybridized carbons (Fsp3) is 0.250. The maximum atomic E-state index is 13.6. The van der Waals surface area contributed by atoms with E-state index < -0.39 is 5.97 Å². The quantitative estimate of drug-likeness (QED) is 0.294. The van der Waals surface area contributed by atoms with Gasteiger partial charge in [-0.25, -0.2) is 9.78 Å². The molecular weight excluding hydrogens is 460 g/mol. The van der Waals surface area contributed by atoms with Crippen LogP contribution in [0.2, 0.25) is 0 Å². The summed E-state index contributed by atoms with van der Waals surface area (Å²) in [4.78, 5) is 32.3. The van der Waals surface area contributed by atoms with Crippen molar-refractivity contribution in [3.8, 4) is 17.0 Å². The molecule has 2 aromatic carbocycles. The van der Waals surface area contributed by atoms with E-state index in [4.69, 9.17) is 14.5 Å². The summed E-state index contributed by atoms with van der Waals surface area (Å²) >= 11 is 1.39. The van der Waals surface area contributed by atoms with Gasteiger partial charge in [0.2, 0.25) is 0 Å². The Morgan fingerprint density at radius 2 is 1.80 bits per heavy atom. The first-order chi connectivity index (χ1) is 16.8. The van der Waals surface area contributed by atoms with Gasteiger partial charge < -0.3 is 14.8 Å². The standard InChI is InChI=1S/C28H28N2O4S/c1-6-20-17(4)35-27(25(20)28(32)34-16(2)3)30-26(31)22-15-24(18-11-13-19(33-5)14-12-18)29-23-10-8-7-9-21(22)23/h7-16H,6H2,1-5H3,(H,30,31). The number of aromatic nitrogens is 1. The number of ether oxygens (including phenoxy) is 2. The molecule has 0 atom stereocenters. The fourth-order valence-electron chi connectivity index (χ4n) is 4.02. The SMILES string of the molecule is CCc1c(C)sc(NC(=O)c2cc(-c3ccc(OC)cc3)nc3ccccc23)c1C(=O)OC(C)C. The Hall–Kier alpha value is -3.71. The number of rotatable bonds is 7. The molecular formula is C28H28N2O4S. The van der Waals surface area contributed by atoms with E-state index in [-0.39, 0.29) is 12.0 Å².